The van der Waals surface area contributed by atoms with Crippen molar-refractivity contribution < 1.29 is 0 Å². The zero-order chi connectivity index (χ0) is 13.0. The Morgan fingerprint density at radius 2 is 2.06 bits per heavy atom. The third-order valence-electron chi connectivity index (χ3n) is 3.99. The topological polar surface area (TPSA) is 15.3 Å². The maximum absolute atomic E-state index is 3.93. The van der Waals surface area contributed by atoms with Crippen LogP contribution >= 0.6 is 0 Å². The molecule has 0 bridgehead atoms. The number of rotatable bonds is 4. The molecular weight excluding hydrogens is 220 g/mol. The van der Waals surface area contributed by atoms with Crippen molar-refractivity contribution in [1.29, 1.82) is 0 Å². The lowest BCUT2D eigenvalue weighted by Crippen LogP contribution is -2.45. The fourth-order valence-electron chi connectivity index (χ4n) is 2.76. The van der Waals surface area contributed by atoms with E-state index < -0.39 is 0 Å². The van der Waals surface area contributed by atoms with E-state index in [9.17, 15) is 0 Å². The molecule has 2 rings (SSSR count). The van der Waals surface area contributed by atoms with Crippen LogP contribution in [0.4, 0.5) is 0 Å². The molecule has 0 aromatic heterocycles. The molecule has 1 N–H and O–H groups in total. The van der Waals surface area contributed by atoms with Gasteiger partial charge in [0, 0.05) is 32.2 Å². The van der Waals surface area contributed by atoms with Crippen LogP contribution in [-0.4, -0.2) is 31.1 Å². The van der Waals surface area contributed by atoms with Gasteiger partial charge >= 0.3 is 0 Å². The van der Waals surface area contributed by atoms with E-state index in [2.05, 4.69) is 54.9 Å². The van der Waals surface area contributed by atoms with Gasteiger partial charge in [0.05, 0.1) is 0 Å². The minimum atomic E-state index is 0.490. The van der Waals surface area contributed by atoms with Gasteiger partial charge in [-0.1, -0.05) is 24.3 Å². The molecular formula is C16H24N2. The summed E-state index contributed by atoms with van der Waals surface area (Å²) in [6.07, 6.45) is 3.08. The molecule has 0 saturated carbocycles. The molecule has 1 aromatic carbocycles. The van der Waals surface area contributed by atoms with E-state index in [0.717, 1.165) is 32.6 Å². The molecule has 0 aliphatic carbocycles. The van der Waals surface area contributed by atoms with Crippen LogP contribution in [0.3, 0.4) is 0 Å². The molecule has 1 heterocycles. The van der Waals surface area contributed by atoms with Gasteiger partial charge < -0.3 is 5.32 Å². The molecule has 1 saturated heterocycles. The first-order valence-electron chi connectivity index (χ1n) is 6.86. The van der Waals surface area contributed by atoms with Crippen LogP contribution in [0.2, 0.25) is 0 Å². The molecule has 1 aliphatic rings. The average Bonchev–Trinajstić information content (AvgIpc) is 2.41. The summed E-state index contributed by atoms with van der Waals surface area (Å²) in [6.45, 7) is 12.8. The largest absolute Gasteiger partial charge is 0.314 e. The highest BCUT2D eigenvalue weighted by molar-refractivity contribution is 5.35. The van der Waals surface area contributed by atoms with Gasteiger partial charge in [0.15, 0.2) is 0 Å². The van der Waals surface area contributed by atoms with E-state index in [0.29, 0.717) is 6.04 Å². The Hall–Kier alpha value is -1.12. The molecule has 1 aromatic rings. The molecule has 1 aliphatic heterocycles. The molecule has 1 fully saturated rings. The van der Waals surface area contributed by atoms with E-state index in [1.165, 1.54) is 16.7 Å². The zero-order valence-electron chi connectivity index (χ0n) is 11.6. The fraction of sp³-hybridized carbons (Fsp3) is 0.500. The molecule has 0 radical (unpaired) electrons. The Labute approximate surface area is 111 Å². The first kappa shape index (κ1) is 13.3. The van der Waals surface area contributed by atoms with Gasteiger partial charge in [-0.15, -0.1) is 6.58 Å². The Kier molecular flexibility index (Phi) is 4.56. The number of piperazine rings is 1. The molecule has 0 amide bonds. The highest BCUT2D eigenvalue weighted by atomic mass is 15.2. The van der Waals surface area contributed by atoms with E-state index in [1.807, 2.05) is 0 Å². The summed E-state index contributed by atoms with van der Waals surface area (Å²) >= 11 is 0. The summed E-state index contributed by atoms with van der Waals surface area (Å²) in [5.41, 5.74) is 4.29. The van der Waals surface area contributed by atoms with Crippen molar-refractivity contribution in [2.45, 2.75) is 26.3 Å². The molecule has 0 unspecified atom stereocenters. The monoisotopic (exact) mass is 244 g/mol. The first-order valence-corrected chi connectivity index (χ1v) is 6.86. The molecule has 2 nitrogen and oxygen atoms in total. The van der Waals surface area contributed by atoms with Crippen LogP contribution in [0.15, 0.2) is 30.9 Å². The number of nitrogens with one attached hydrogen (secondary N) is 1. The van der Waals surface area contributed by atoms with Gasteiger partial charge in [0.1, 0.15) is 0 Å². The second-order valence-corrected chi connectivity index (χ2v) is 5.12. The lowest BCUT2D eigenvalue weighted by atomic mass is 9.94. The van der Waals surface area contributed by atoms with Gasteiger partial charge in [0.2, 0.25) is 0 Å². The third kappa shape index (κ3) is 2.82. The maximum Gasteiger partial charge on any atom is 0.0386 e. The van der Waals surface area contributed by atoms with Crippen molar-refractivity contribution in [2.75, 3.05) is 26.2 Å². The van der Waals surface area contributed by atoms with Crippen LogP contribution in [0.1, 0.15) is 29.2 Å². The van der Waals surface area contributed by atoms with Crippen LogP contribution in [0.5, 0.6) is 0 Å². The second kappa shape index (κ2) is 6.17. The number of nitrogens with zero attached hydrogens (tertiary/aromatic N) is 1. The van der Waals surface area contributed by atoms with Crippen LogP contribution in [-0.2, 0) is 0 Å². The number of hydrogen-bond donors (Lipinski definition) is 1. The molecule has 1 atom stereocenters. The van der Waals surface area contributed by atoms with Gasteiger partial charge in [-0.2, -0.15) is 0 Å². The van der Waals surface area contributed by atoms with Crippen molar-refractivity contribution in [1.82, 2.24) is 10.2 Å². The lowest BCUT2D eigenvalue weighted by Gasteiger charge is -2.35. The van der Waals surface area contributed by atoms with E-state index in [1.54, 1.807) is 0 Å². The predicted molar refractivity (Wildman–Crippen MR) is 77.9 cm³/mol. The van der Waals surface area contributed by atoms with Crippen molar-refractivity contribution in [3.05, 3.63) is 47.5 Å². The maximum atomic E-state index is 3.93. The average molecular weight is 244 g/mol. The standard InChI is InChI=1S/C16H24N2/c1-4-6-16(18-11-9-17-10-12-18)15-8-5-7-13(2)14(15)3/h4-5,7-8,16-17H,1,6,9-12H2,2-3H3/t16-/m1/s1. The summed E-state index contributed by atoms with van der Waals surface area (Å²) < 4.78 is 0. The Balaban J connectivity index is 2.28. The lowest BCUT2D eigenvalue weighted by molar-refractivity contribution is 0.174. The van der Waals surface area contributed by atoms with Crippen molar-refractivity contribution >= 4 is 0 Å². The summed E-state index contributed by atoms with van der Waals surface area (Å²) in [4.78, 5) is 2.58. The first-order chi connectivity index (χ1) is 8.74. The third-order valence-corrected chi connectivity index (χ3v) is 3.99. The Bertz CT molecular complexity index is 406. The fourth-order valence-corrected chi connectivity index (χ4v) is 2.76. The molecule has 98 valence electrons. The van der Waals surface area contributed by atoms with Gasteiger partial charge in [-0.05, 0) is 37.0 Å². The van der Waals surface area contributed by atoms with Crippen molar-refractivity contribution in [3.63, 3.8) is 0 Å². The minimum Gasteiger partial charge on any atom is -0.314 e. The van der Waals surface area contributed by atoms with E-state index in [4.69, 9.17) is 0 Å². The van der Waals surface area contributed by atoms with Gasteiger partial charge in [-0.25, -0.2) is 0 Å². The predicted octanol–water partition coefficient (Wildman–Crippen LogP) is 2.83. The summed E-state index contributed by atoms with van der Waals surface area (Å²) in [7, 11) is 0. The van der Waals surface area contributed by atoms with Crippen LogP contribution < -0.4 is 5.32 Å². The van der Waals surface area contributed by atoms with Crippen molar-refractivity contribution in [2.24, 2.45) is 0 Å². The Morgan fingerprint density at radius 3 is 2.72 bits per heavy atom. The highest BCUT2D eigenvalue weighted by Gasteiger charge is 2.22. The Morgan fingerprint density at radius 1 is 1.33 bits per heavy atom. The second-order valence-electron chi connectivity index (χ2n) is 5.12. The normalized spacial score (nSPS) is 18.6. The summed E-state index contributed by atoms with van der Waals surface area (Å²) in [5, 5.41) is 3.42. The van der Waals surface area contributed by atoms with Crippen molar-refractivity contribution in [3.8, 4) is 0 Å². The molecule has 18 heavy (non-hydrogen) atoms. The van der Waals surface area contributed by atoms with E-state index >= 15 is 0 Å². The minimum absolute atomic E-state index is 0.490. The zero-order valence-corrected chi connectivity index (χ0v) is 11.6. The summed E-state index contributed by atoms with van der Waals surface area (Å²) in [5.74, 6) is 0. The SMILES string of the molecule is C=CC[C@H](c1cccc(C)c1C)N1CCNCC1. The molecule has 0 spiro atoms. The number of benzene rings is 1. The smallest absolute Gasteiger partial charge is 0.0386 e. The highest BCUT2D eigenvalue weighted by Crippen LogP contribution is 2.29. The van der Waals surface area contributed by atoms with Crippen LogP contribution in [0.25, 0.3) is 0 Å². The summed E-state index contributed by atoms with van der Waals surface area (Å²) in [6, 6.07) is 7.14. The van der Waals surface area contributed by atoms with E-state index in [-0.39, 0.29) is 0 Å². The quantitative estimate of drug-likeness (QED) is 0.819. The van der Waals surface area contributed by atoms with Crippen LogP contribution in [0, 0.1) is 13.8 Å². The van der Waals surface area contributed by atoms with Gasteiger partial charge in [-0.3, -0.25) is 4.90 Å². The number of aryl methyl sites for hydroxylation is 1. The number of hydrogen-bond acceptors (Lipinski definition) is 2. The molecule has 2 heteroatoms. The van der Waals surface area contributed by atoms with Gasteiger partial charge in [0.25, 0.3) is 0 Å².